The summed E-state index contributed by atoms with van der Waals surface area (Å²) in [5.74, 6) is -0.887. The van der Waals surface area contributed by atoms with Gasteiger partial charge in [-0.2, -0.15) is 0 Å². The number of carbonyl (C=O) groups excluding carboxylic acids is 4. The second kappa shape index (κ2) is 8.49. The van der Waals surface area contributed by atoms with Gasteiger partial charge in [-0.05, 0) is 37.0 Å². The van der Waals surface area contributed by atoms with Gasteiger partial charge < -0.3 is 4.74 Å². The van der Waals surface area contributed by atoms with Crippen LogP contribution in [-0.4, -0.2) is 52.8 Å². The van der Waals surface area contributed by atoms with Crippen molar-refractivity contribution in [3.05, 3.63) is 71.3 Å². The van der Waals surface area contributed by atoms with Crippen molar-refractivity contribution in [1.82, 2.24) is 9.80 Å². The van der Waals surface area contributed by atoms with Crippen LogP contribution < -0.4 is 0 Å². The summed E-state index contributed by atoms with van der Waals surface area (Å²) in [7, 11) is 0. The number of carbonyl (C=O) groups is 4. The number of ether oxygens (including phenoxy) is 1. The third kappa shape index (κ3) is 3.83. The molecule has 0 spiro atoms. The first-order valence-electron chi connectivity index (χ1n) is 10.0. The van der Waals surface area contributed by atoms with Crippen LogP contribution in [0.2, 0.25) is 0 Å². The molecule has 2 aliphatic rings. The summed E-state index contributed by atoms with van der Waals surface area (Å²) in [6.07, 6.45) is 1.05. The summed E-state index contributed by atoms with van der Waals surface area (Å²) in [5, 5.41) is 0. The summed E-state index contributed by atoms with van der Waals surface area (Å²) in [6, 6.07) is 16.1. The zero-order valence-corrected chi connectivity index (χ0v) is 16.5. The number of rotatable bonds is 7. The van der Waals surface area contributed by atoms with E-state index >= 15 is 0 Å². The maximum Gasteiger partial charge on any atom is 0.416 e. The smallest absolute Gasteiger partial charge is 0.416 e. The number of benzene rings is 2. The molecule has 2 aromatic carbocycles. The Morgan fingerprint density at radius 3 is 2.20 bits per heavy atom. The number of fused-ring (bicyclic) bond motifs is 1. The fourth-order valence-electron chi connectivity index (χ4n) is 3.91. The van der Waals surface area contributed by atoms with Crippen molar-refractivity contribution in [3.63, 3.8) is 0 Å². The molecule has 0 bridgehead atoms. The van der Waals surface area contributed by atoms with Gasteiger partial charge in [0.25, 0.3) is 11.8 Å². The van der Waals surface area contributed by atoms with E-state index in [-0.39, 0.29) is 43.3 Å². The van der Waals surface area contributed by atoms with Crippen LogP contribution in [0.1, 0.15) is 45.5 Å². The third-order valence-corrected chi connectivity index (χ3v) is 5.44. The largest absolute Gasteiger partial charge is 0.447 e. The van der Waals surface area contributed by atoms with Crippen LogP contribution in [-0.2, 0) is 16.0 Å². The highest BCUT2D eigenvalue weighted by molar-refractivity contribution is 6.21. The van der Waals surface area contributed by atoms with Gasteiger partial charge in [0.05, 0.1) is 17.2 Å². The second-order valence-corrected chi connectivity index (χ2v) is 7.45. The zero-order valence-electron chi connectivity index (χ0n) is 16.5. The van der Waals surface area contributed by atoms with Crippen molar-refractivity contribution in [1.29, 1.82) is 0 Å². The Labute approximate surface area is 174 Å². The van der Waals surface area contributed by atoms with Gasteiger partial charge >= 0.3 is 6.09 Å². The van der Waals surface area contributed by atoms with E-state index < -0.39 is 6.09 Å². The van der Waals surface area contributed by atoms with E-state index in [9.17, 15) is 19.2 Å². The molecule has 0 radical (unpaired) electrons. The van der Waals surface area contributed by atoms with Gasteiger partial charge in [-0.3, -0.25) is 19.3 Å². The van der Waals surface area contributed by atoms with Crippen molar-refractivity contribution in [2.75, 3.05) is 13.2 Å². The van der Waals surface area contributed by atoms with Gasteiger partial charge in [0.1, 0.15) is 6.61 Å². The summed E-state index contributed by atoms with van der Waals surface area (Å²) in [6.45, 7) is 0.437. The highest BCUT2D eigenvalue weighted by Gasteiger charge is 2.38. The predicted octanol–water partition coefficient (Wildman–Crippen LogP) is 3.04. The van der Waals surface area contributed by atoms with Crippen LogP contribution >= 0.6 is 0 Å². The predicted molar refractivity (Wildman–Crippen MR) is 108 cm³/mol. The molecule has 2 heterocycles. The maximum absolute atomic E-state index is 12.6. The number of hydrogen-bond acceptors (Lipinski definition) is 5. The van der Waals surface area contributed by atoms with Gasteiger partial charge in [-0.25, -0.2) is 9.69 Å². The molecule has 0 N–H and O–H groups in total. The van der Waals surface area contributed by atoms with Crippen molar-refractivity contribution in [2.45, 2.75) is 31.7 Å². The quantitative estimate of drug-likeness (QED) is 0.521. The summed E-state index contributed by atoms with van der Waals surface area (Å²) < 4.78 is 5.09. The molecule has 1 unspecified atom stereocenters. The number of imide groups is 2. The Balaban J connectivity index is 1.29. The molecule has 1 saturated heterocycles. The zero-order chi connectivity index (χ0) is 21.1. The third-order valence-electron chi connectivity index (χ3n) is 5.44. The van der Waals surface area contributed by atoms with Gasteiger partial charge in [0, 0.05) is 13.0 Å². The number of amides is 4. The van der Waals surface area contributed by atoms with E-state index in [1.54, 1.807) is 24.3 Å². The lowest BCUT2D eigenvalue weighted by atomic mass is 10.1. The Kier molecular flexibility index (Phi) is 5.61. The molecule has 2 aromatic rings. The molecular formula is C23H22N2O5. The van der Waals surface area contributed by atoms with Crippen LogP contribution in [0.5, 0.6) is 0 Å². The lowest BCUT2D eigenvalue weighted by molar-refractivity contribution is -0.129. The van der Waals surface area contributed by atoms with Gasteiger partial charge in [-0.1, -0.05) is 42.5 Å². The molecule has 2 aliphatic heterocycles. The normalized spacial score (nSPS) is 18.0. The van der Waals surface area contributed by atoms with E-state index in [2.05, 4.69) is 0 Å². The molecule has 154 valence electrons. The summed E-state index contributed by atoms with van der Waals surface area (Å²) in [4.78, 5) is 51.9. The highest BCUT2D eigenvalue weighted by Crippen LogP contribution is 2.23. The molecule has 0 saturated carbocycles. The van der Waals surface area contributed by atoms with Crippen LogP contribution in [0.25, 0.3) is 0 Å². The van der Waals surface area contributed by atoms with Crippen molar-refractivity contribution >= 4 is 23.8 Å². The van der Waals surface area contributed by atoms with Gasteiger partial charge in [0.15, 0.2) is 0 Å². The van der Waals surface area contributed by atoms with Crippen molar-refractivity contribution in [2.24, 2.45) is 0 Å². The van der Waals surface area contributed by atoms with Crippen molar-refractivity contribution in [3.8, 4) is 0 Å². The fourth-order valence-corrected chi connectivity index (χ4v) is 3.91. The molecule has 1 fully saturated rings. The van der Waals surface area contributed by atoms with Gasteiger partial charge in [-0.15, -0.1) is 0 Å². The van der Waals surface area contributed by atoms with Crippen LogP contribution in [0, 0.1) is 0 Å². The second-order valence-electron chi connectivity index (χ2n) is 7.45. The van der Waals surface area contributed by atoms with Crippen LogP contribution in [0.3, 0.4) is 0 Å². The highest BCUT2D eigenvalue weighted by atomic mass is 16.6. The first-order valence-corrected chi connectivity index (χ1v) is 10.0. The minimum atomic E-state index is -0.610. The lowest BCUT2D eigenvalue weighted by Crippen LogP contribution is -2.40. The maximum atomic E-state index is 12.6. The molecule has 0 aliphatic carbocycles. The van der Waals surface area contributed by atoms with Crippen LogP contribution in [0.15, 0.2) is 54.6 Å². The Morgan fingerprint density at radius 1 is 0.900 bits per heavy atom. The molecule has 7 nitrogen and oxygen atoms in total. The first kappa shape index (κ1) is 19.8. The number of cyclic esters (lactones) is 1. The monoisotopic (exact) mass is 406 g/mol. The first-order chi connectivity index (χ1) is 14.6. The standard InChI is InChI=1S/C23H22N2O5/c26-20(25-17(15-30-23(25)29)14-16-8-2-1-3-9-16)12-6-7-13-24-21(27)18-10-4-5-11-19(18)22(24)28/h1-5,8-11,17H,6-7,12-15H2. The van der Waals surface area contributed by atoms with E-state index in [0.717, 1.165) is 5.56 Å². The molecule has 30 heavy (non-hydrogen) atoms. The van der Waals surface area contributed by atoms with Gasteiger partial charge in [0.2, 0.25) is 5.91 Å². The summed E-state index contributed by atoms with van der Waals surface area (Å²) >= 11 is 0. The van der Waals surface area contributed by atoms with E-state index in [1.165, 1.54) is 9.80 Å². The lowest BCUT2D eigenvalue weighted by Gasteiger charge is -2.20. The van der Waals surface area contributed by atoms with E-state index in [4.69, 9.17) is 4.74 Å². The Hall–Kier alpha value is -3.48. The number of hydrogen-bond donors (Lipinski definition) is 0. The number of nitrogens with zero attached hydrogens (tertiary/aromatic N) is 2. The average molecular weight is 406 g/mol. The Morgan fingerprint density at radius 2 is 1.53 bits per heavy atom. The van der Waals surface area contributed by atoms with Crippen LogP contribution in [0.4, 0.5) is 4.79 Å². The molecule has 7 heteroatoms. The Bertz CT molecular complexity index is 953. The number of unbranched alkanes of at least 4 members (excludes halogenated alkanes) is 1. The minimum Gasteiger partial charge on any atom is -0.447 e. The molecule has 1 atom stereocenters. The molecular weight excluding hydrogens is 384 g/mol. The molecule has 4 rings (SSSR count). The summed E-state index contributed by atoms with van der Waals surface area (Å²) in [5.41, 5.74) is 1.87. The van der Waals surface area contributed by atoms with E-state index in [1.807, 2.05) is 30.3 Å². The fraction of sp³-hybridized carbons (Fsp3) is 0.304. The minimum absolute atomic E-state index is 0.156. The average Bonchev–Trinajstić information content (AvgIpc) is 3.24. The molecule has 4 amide bonds. The topological polar surface area (TPSA) is 84.0 Å². The SMILES string of the molecule is O=C1c2ccccc2C(=O)N1CCCCC(=O)N1C(=O)OCC1Cc1ccccc1. The van der Waals surface area contributed by atoms with E-state index in [0.29, 0.717) is 30.4 Å². The van der Waals surface area contributed by atoms with Crippen molar-refractivity contribution < 1.29 is 23.9 Å². The molecule has 0 aromatic heterocycles.